The fraction of sp³-hybridized carbons (Fsp3) is 0.471. The summed E-state index contributed by atoms with van der Waals surface area (Å²) in [6.45, 7) is 62.1. The molecule has 6 aromatic carbocycles. The van der Waals surface area contributed by atoms with Gasteiger partial charge in [-0.1, -0.05) is 233 Å². The summed E-state index contributed by atoms with van der Waals surface area (Å²) in [6.07, 6.45) is 0. The number of aryl methyl sites for hydroxylation is 7. The van der Waals surface area contributed by atoms with E-state index >= 15 is 0 Å². The molecular formula is C70H99F2NO. The van der Waals surface area contributed by atoms with Gasteiger partial charge in [-0.2, -0.15) is 0 Å². The Balaban J connectivity index is 0.000000444. The van der Waals surface area contributed by atoms with Gasteiger partial charge < -0.3 is 4.74 Å². The number of hydrogen-bond acceptors (Lipinski definition) is 1. The molecule has 0 N–H and O–H groups in total. The molecule has 74 heavy (non-hydrogen) atoms. The first-order chi connectivity index (χ1) is 33.6. The predicted octanol–water partition coefficient (Wildman–Crippen LogP) is 21.2. The van der Waals surface area contributed by atoms with E-state index in [9.17, 15) is 8.78 Å². The third kappa shape index (κ3) is 21.7. The molecule has 0 aromatic heterocycles. The highest BCUT2D eigenvalue weighted by Gasteiger charge is 2.21. The highest BCUT2D eigenvalue weighted by molar-refractivity contribution is 5.53. The maximum absolute atomic E-state index is 13.8. The Hall–Kier alpha value is -5.53. The lowest BCUT2D eigenvalue weighted by Gasteiger charge is -2.23. The van der Waals surface area contributed by atoms with Crippen LogP contribution in [0.5, 0.6) is 5.75 Å². The number of halogens is 2. The standard InChI is InChI=1S/C12H17F.C12H15N.C12H18O.C12H18.C11H15F.C11H16/c1-8-6-7-10(12(3,4)5)11(13)9(8)2;1-9-8-10(12(2,3)4)6-7-11(9)13-5;1-9-7-6-8-10(11(9)13-5)12(2,3)4;1-9-6-7-11(8-10(9)2)12(3,4)5;1-8-7-9(11(2,3)4)5-6-10(8)12;1-9-6-5-7-10(8-9)11(2,3)4/h6-7H,1-5H3;6-8H,1-4H3;6-8H,1-5H3;6-8H,1-5H3;5-7H,1-4H3;5-8H,1-4H3. The molecule has 0 aliphatic carbocycles. The van der Waals surface area contributed by atoms with E-state index in [1.54, 1.807) is 14.0 Å². The minimum Gasteiger partial charge on any atom is -0.496 e. The van der Waals surface area contributed by atoms with Crippen molar-refractivity contribution in [3.8, 4) is 5.75 Å². The van der Waals surface area contributed by atoms with Crippen LogP contribution in [0.2, 0.25) is 0 Å². The second-order valence-electron chi connectivity index (χ2n) is 26.3. The summed E-state index contributed by atoms with van der Waals surface area (Å²) in [6, 6.07) is 36.9. The number of benzene rings is 6. The zero-order valence-corrected chi connectivity index (χ0v) is 51.5. The normalized spacial score (nSPS) is 11.6. The van der Waals surface area contributed by atoms with E-state index < -0.39 is 0 Å². The van der Waals surface area contributed by atoms with Crippen molar-refractivity contribution in [3.63, 3.8) is 0 Å². The lowest BCUT2D eigenvalue weighted by molar-refractivity contribution is 0.394. The molecule has 6 aromatic rings. The Morgan fingerprint density at radius 2 is 0.797 bits per heavy atom. The van der Waals surface area contributed by atoms with Crippen LogP contribution in [0.25, 0.3) is 4.85 Å². The number of hydrogen-bond donors (Lipinski definition) is 0. The van der Waals surface area contributed by atoms with E-state index in [2.05, 4.69) is 203 Å². The summed E-state index contributed by atoms with van der Waals surface area (Å²) in [5, 5.41) is 0. The van der Waals surface area contributed by atoms with Crippen molar-refractivity contribution >= 4 is 5.69 Å². The van der Waals surface area contributed by atoms with E-state index in [0.29, 0.717) is 0 Å². The predicted molar refractivity (Wildman–Crippen MR) is 321 cm³/mol. The summed E-state index contributed by atoms with van der Waals surface area (Å²) < 4.78 is 32.0. The Kier molecular flexibility index (Phi) is 24.5. The molecule has 0 aliphatic heterocycles. The van der Waals surface area contributed by atoms with Crippen LogP contribution >= 0.6 is 0 Å². The molecule has 0 fully saturated rings. The van der Waals surface area contributed by atoms with Gasteiger partial charge >= 0.3 is 0 Å². The lowest BCUT2D eigenvalue weighted by atomic mass is 9.85. The number of methoxy groups -OCH3 is 1. The van der Waals surface area contributed by atoms with Crippen LogP contribution in [0.4, 0.5) is 14.5 Å². The van der Waals surface area contributed by atoms with Crippen molar-refractivity contribution in [3.05, 3.63) is 210 Å². The van der Waals surface area contributed by atoms with Crippen LogP contribution in [0.1, 0.15) is 203 Å². The van der Waals surface area contributed by atoms with Gasteiger partial charge in [0.2, 0.25) is 0 Å². The van der Waals surface area contributed by atoms with Gasteiger partial charge in [-0.25, -0.2) is 13.6 Å². The van der Waals surface area contributed by atoms with Crippen molar-refractivity contribution in [2.24, 2.45) is 0 Å². The lowest BCUT2D eigenvalue weighted by Crippen LogP contribution is -2.14. The Labute approximate surface area is 452 Å². The van der Waals surface area contributed by atoms with Crippen LogP contribution in [0, 0.1) is 73.6 Å². The van der Waals surface area contributed by atoms with Crippen LogP contribution in [-0.4, -0.2) is 7.11 Å². The quantitative estimate of drug-likeness (QED) is 0.150. The van der Waals surface area contributed by atoms with Crippen molar-refractivity contribution < 1.29 is 13.5 Å². The third-order valence-electron chi connectivity index (χ3n) is 13.2. The first-order valence-electron chi connectivity index (χ1n) is 26.4. The first-order valence-corrected chi connectivity index (χ1v) is 26.4. The van der Waals surface area contributed by atoms with Crippen molar-refractivity contribution in [2.45, 2.75) is 213 Å². The molecule has 0 amide bonds. The molecule has 0 aliphatic rings. The highest BCUT2D eigenvalue weighted by Crippen LogP contribution is 2.34. The van der Waals surface area contributed by atoms with Gasteiger partial charge in [0, 0.05) is 0 Å². The van der Waals surface area contributed by atoms with Crippen molar-refractivity contribution in [1.82, 2.24) is 0 Å². The largest absolute Gasteiger partial charge is 0.496 e. The molecule has 2 nitrogen and oxygen atoms in total. The monoisotopic (exact) mass is 1010 g/mol. The van der Waals surface area contributed by atoms with Crippen LogP contribution in [0.15, 0.2) is 109 Å². The topological polar surface area (TPSA) is 13.6 Å². The minimum atomic E-state index is -0.122. The second-order valence-corrected chi connectivity index (χ2v) is 26.3. The first kappa shape index (κ1) is 66.5. The van der Waals surface area contributed by atoms with Crippen molar-refractivity contribution in [2.75, 3.05) is 7.11 Å². The maximum atomic E-state index is 13.8. The highest BCUT2D eigenvalue weighted by atomic mass is 19.1. The minimum absolute atomic E-state index is 0.0486. The van der Waals surface area contributed by atoms with Gasteiger partial charge in [0.1, 0.15) is 17.4 Å². The molecule has 0 saturated carbocycles. The smallest absolute Gasteiger partial charge is 0.190 e. The summed E-state index contributed by atoms with van der Waals surface area (Å²) in [4.78, 5) is 3.44. The van der Waals surface area contributed by atoms with Crippen LogP contribution in [0.3, 0.4) is 0 Å². The van der Waals surface area contributed by atoms with Crippen LogP contribution < -0.4 is 4.74 Å². The molecule has 0 atom stereocenters. The summed E-state index contributed by atoms with van der Waals surface area (Å²) in [7, 11) is 1.73. The molecule has 0 spiro atoms. The average molecular weight is 1010 g/mol. The summed E-state index contributed by atoms with van der Waals surface area (Å²) in [5.74, 6) is 0.852. The zero-order chi connectivity index (χ0) is 57.5. The van der Waals surface area contributed by atoms with Gasteiger partial charge in [0.05, 0.1) is 13.7 Å². The Bertz CT molecular complexity index is 2700. The molecule has 6 rings (SSSR count). The number of ether oxygens (including phenoxy) is 1. The molecule has 404 valence electrons. The second kappa shape index (κ2) is 27.3. The molecular weight excluding hydrogens is 909 g/mol. The van der Waals surface area contributed by atoms with E-state index in [-0.39, 0.29) is 44.1 Å². The van der Waals surface area contributed by atoms with Crippen molar-refractivity contribution in [1.29, 1.82) is 0 Å². The number of para-hydroxylation sites is 1. The SMILES string of the molecule is COc1c(C)cccc1C(C)(C)C.Cc1cc(C(C)(C)C)ccc1F.Cc1ccc(C(C)(C)C)c(F)c1C.Cc1ccc(C(C)(C)C)cc1C.Cc1cccc(C(C)(C)C)c1.[C-]#[N+]c1ccc(C(C)(C)C)cc1C. The Morgan fingerprint density at radius 3 is 1.18 bits per heavy atom. The summed E-state index contributed by atoms with van der Waals surface area (Å²) >= 11 is 0. The van der Waals surface area contributed by atoms with E-state index in [1.165, 1.54) is 56.1 Å². The molecule has 0 heterocycles. The maximum Gasteiger partial charge on any atom is 0.190 e. The van der Waals surface area contributed by atoms with Gasteiger partial charge in [0.15, 0.2) is 5.69 Å². The van der Waals surface area contributed by atoms with Gasteiger partial charge in [-0.15, -0.1) is 0 Å². The Morgan fingerprint density at radius 1 is 0.378 bits per heavy atom. The fourth-order valence-corrected chi connectivity index (χ4v) is 7.55. The molecule has 0 unspecified atom stereocenters. The van der Waals surface area contributed by atoms with Gasteiger partial charge in [-0.3, -0.25) is 0 Å². The van der Waals surface area contributed by atoms with E-state index in [0.717, 1.165) is 39.3 Å². The van der Waals surface area contributed by atoms with E-state index in [1.807, 2.05) is 77.9 Å². The molecule has 0 saturated heterocycles. The zero-order valence-electron chi connectivity index (χ0n) is 51.5. The molecule has 0 radical (unpaired) electrons. The van der Waals surface area contributed by atoms with Gasteiger partial charge in [0.25, 0.3) is 0 Å². The average Bonchev–Trinajstić information content (AvgIpc) is 3.26. The van der Waals surface area contributed by atoms with E-state index in [4.69, 9.17) is 11.3 Å². The third-order valence-corrected chi connectivity index (χ3v) is 13.2. The van der Waals surface area contributed by atoms with Crippen LogP contribution in [-0.2, 0) is 32.5 Å². The fourth-order valence-electron chi connectivity index (χ4n) is 7.55. The molecule has 0 bridgehead atoms. The van der Waals surface area contributed by atoms with Gasteiger partial charge in [-0.05, 0) is 166 Å². The number of rotatable bonds is 1. The summed E-state index contributed by atoms with van der Waals surface area (Å²) in [5.41, 5.74) is 17.9. The molecule has 4 heteroatoms. The number of nitrogens with zero attached hydrogens (tertiary/aromatic N) is 1.